The molecule has 0 heterocycles. The summed E-state index contributed by atoms with van der Waals surface area (Å²) in [5.74, 6) is 0.0297. The summed E-state index contributed by atoms with van der Waals surface area (Å²) in [7, 11) is 0. The van der Waals surface area contributed by atoms with Crippen LogP contribution in [0.4, 0.5) is 0 Å². The number of hydrogen-bond acceptors (Lipinski definition) is 6. The van der Waals surface area contributed by atoms with E-state index in [1.807, 2.05) is 12.1 Å². The minimum absolute atomic E-state index is 0.173. The fourth-order valence-corrected chi connectivity index (χ4v) is 3.41. The lowest BCUT2D eigenvalue weighted by molar-refractivity contribution is -0.123. The Hall–Kier alpha value is -3.07. The van der Waals surface area contributed by atoms with Crippen LogP contribution in [0.3, 0.4) is 0 Å². The predicted octanol–water partition coefficient (Wildman–Crippen LogP) is 5.90. The third-order valence-electron chi connectivity index (χ3n) is 4.21. The Kier molecular flexibility index (Phi) is 9.33. The Bertz CT molecular complexity index is 1200. The van der Waals surface area contributed by atoms with Crippen LogP contribution in [0.15, 0.2) is 70.2 Å². The molecular formula is C24H19BrCl2N2O5. The highest BCUT2D eigenvalue weighted by atomic mass is 79.9. The lowest BCUT2D eigenvalue weighted by Gasteiger charge is -2.12. The van der Waals surface area contributed by atoms with Gasteiger partial charge in [-0.2, -0.15) is 5.10 Å². The highest BCUT2D eigenvalue weighted by molar-refractivity contribution is 9.10. The molecule has 1 amide bonds. The SMILES string of the molecule is CCOc1cc(C=NNC(=O)COc2ccc(Br)cc2)ccc1OC(=O)c1ccc(Cl)cc1Cl. The first-order valence-electron chi connectivity index (χ1n) is 10.00. The number of hydrogen-bond donors (Lipinski definition) is 1. The van der Waals surface area contributed by atoms with Crippen LogP contribution in [0, 0.1) is 0 Å². The first-order valence-corrected chi connectivity index (χ1v) is 11.5. The highest BCUT2D eigenvalue weighted by Crippen LogP contribution is 2.30. The maximum atomic E-state index is 12.5. The maximum absolute atomic E-state index is 12.5. The van der Waals surface area contributed by atoms with Crippen LogP contribution in [-0.2, 0) is 4.79 Å². The van der Waals surface area contributed by atoms with Crippen LogP contribution >= 0.6 is 39.1 Å². The Balaban J connectivity index is 1.61. The molecule has 34 heavy (non-hydrogen) atoms. The van der Waals surface area contributed by atoms with Gasteiger partial charge < -0.3 is 14.2 Å². The van der Waals surface area contributed by atoms with Crippen LogP contribution in [-0.4, -0.2) is 31.3 Å². The summed E-state index contributed by atoms with van der Waals surface area (Å²) in [6.45, 7) is 1.95. The van der Waals surface area contributed by atoms with Crippen molar-refractivity contribution in [2.75, 3.05) is 13.2 Å². The van der Waals surface area contributed by atoms with E-state index in [0.717, 1.165) is 4.47 Å². The molecular weight excluding hydrogens is 547 g/mol. The van der Waals surface area contributed by atoms with Crippen LogP contribution in [0.1, 0.15) is 22.8 Å². The van der Waals surface area contributed by atoms with Crippen molar-refractivity contribution < 1.29 is 23.8 Å². The Morgan fingerprint density at radius 1 is 1.00 bits per heavy atom. The average molecular weight is 566 g/mol. The van der Waals surface area contributed by atoms with Crippen molar-refractivity contribution in [1.82, 2.24) is 5.43 Å². The van der Waals surface area contributed by atoms with Crippen LogP contribution in [0.5, 0.6) is 17.2 Å². The fraction of sp³-hybridized carbons (Fsp3) is 0.125. The number of ether oxygens (including phenoxy) is 3. The molecule has 3 rings (SSSR count). The van der Waals surface area contributed by atoms with Crippen molar-refractivity contribution in [3.63, 3.8) is 0 Å². The van der Waals surface area contributed by atoms with Gasteiger partial charge in [0.2, 0.25) is 0 Å². The molecule has 176 valence electrons. The first kappa shape index (κ1) is 25.6. The summed E-state index contributed by atoms with van der Waals surface area (Å²) in [6, 6.07) is 16.4. The van der Waals surface area contributed by atoms with Gasteiger partial charge in [0.1, 0.15) is 5.75 Å². The molecule has 0 saturated heterocycles. The minimum atomic E-state index is -0.651. The maximum Gasteiger partial charge on any atom is 0.345 e. The second-order valence-corrected chi connectivity index (χ2v) is 8.45. The number of rotatable bonds is 9. The lowest BCUT2D eigenvalue weighted by atomic mass is 10.2. The van der Waals surface area contributed by atoms with Gasteiger partial charge in [-0.3, -0.25) is 4.79 Å². The van der Waals surface area contributed by atoms with Gasteiger partial charge in [0.05, 0.1) is 23.4 Å². The number of carbonyl (C=O) groups excluding carboxylic acids is 2. The summed E-state index contributed by atoms with van der Waals surface area (Å²) in [6.07, 6.45) is 1.43. The standard InChI is InChI=1S/C24H19BrCl2N2O5/c1-2-32-22-11-15(13-28-29-23(30)14-33-18-7-4-16(25)5-8-18)3-10-21(22)34-24(31)19-9-6-17(26)12-20(19)27/h3-13H,2,14H2,1H3,(H,29,30). The first-order chi connectivity index (χ1) is 16.4. The molecule has 0 bridgehead atoms. The van der Waals surface area contributed by atoms with Gasteiger partial charge in [0.25, 0.3) is 5.91 Å². The summed E-state index contributed by atoms with van der Waals surface area (Å²) < 4.78 is 17.3. The predicted molar refractivity (Wildman–Crippen MR) is 134 cm³/mol. The smallest absolute Gasteiger partial charge is 0.345 e. The molecule has 0 aromatic heterocycles. The lowest BCUT2D eigenvalue weighted by Crippen LogP contribution is -2.24. The van der Waals surface area contributed by atoms with E-state index >= 15 is 0 Å². The fourth-order valence-electron chi connectivity index (χ4n) is 2.66. The molecule has 0 spiro atoms. The Morgan fingerprint density at radius 3 is 2.47 bits per heavy atom. The van der Waals surface area contributed by atoms with E-state index < -0.39 is 11.9 Å². The molecule has 3 aromatic rings. The number of amides is 1. The summed E-state index contributed by atoms with van der Waals surface area (Å²) in [5, 5.41) is 4.51. The Labute approximate surface area is 214 Å². The number of nitrogens with one attached hydrogen (secondary N) is 1. The van der Waals surface area contributed by atoms with Crippen molar-refractivity contribution >= 4 is 57.2 Å². The zero-order valence-corrected chi connectivity index (χ0v) is 21.0. The molecule has 7 nitrogen and oxygen atoms in total. The van der Waals surface area contributed by atoms with Crippen LogP contribution < -0.4 is 19.6 Å². The summed E-state index contributed by atoms with van der Waals surface area (Å²) in [4.78, 5) is 24.5. The van der Waals surface area contributed by atoms with Crippen LogP contribution in [0.25, 0.3) is 0 Å². The van der Waals surface area contributed by atoms with Gasteiger partial charge in [-0.1, -0.05) is 39.1 Å². The third-order valence-corrected chi connectivity index (χ3v) is 5.28. The van der Waals surface area contributed by atoms with Crippen molar-refractivity contribution in [1.29, 1.82) is 0 Å². The van der Waals surface area contributed by atoms with Crippen molar-refractivity contribution in [3.05, 3.63) is 86.3 Å². The quantitative estimate of drug-likeness (QED) is 0.151. The van der Waals surface area contributed by atoms with E-state index in [9.17, 15) is 9.59 Å². The van der Waals surface area contributed by atoms with Gasteiger partial charge >= 0.3 is 5.97 Å². The zero-order chi connectivity index (χ0) is 24.5. The van der Waals surface area contributed by atoms with E-state index in [2.05, 4.69) is 26.5 Å². The van der Waals surface area contributed by atoms with Gasteiger partial charge in [-0.25, -0.2) is 10.2 Å². The van der Waals surface area contributed by atoms with E-state index in [-0.39, 0.29) is 22.9 Å². The molecule has 0 saturated carbocycles. The van der Waals surface area contributed by atoms with Crippen molar-refractivity contribution in [3.8, 4) is 17.2 Å². The van der Waals surface area contributed by atoms with Gasteiger partial charge in [0, 0.05) is 9.50 Å². The molecule has 0 aliphatic carbocycles. The summed E-state index contributed by atoms with van der Waals surface area (Å²) in [5.41, 5.74) is 3.17. The van der Waals surface area contributed by atoms with Crippen LogP contribution in [0.2, 0.25) is 10.0 Å². The molecule has 0 fully saturated rings. The minimum Gasteiger partial charge on any atom is -0.490 e. The molecule has 0 aliphatic heterocycles. The number of esters is 1. The van der Waals surface area contributed by atoms with E-state index in [4.69, 9.17) is 37.4 Å². The second-order valence-electron chi connectivity index (χ2n) is 6.69. The third kappa shape index (κ3) is 7.48. The molecule has 0 radical (unpaired) electrons. The largest absolute Gasteiger partial charge is 0.490 e. The van der Waals surface area contributed by atoms with E-state index in [1.54, 1.807) is 43.3 Å². The number of carbonyl (C=O) groups is 2. The number of halogens is 3. The molecule has 3 aromatic carbocycles. The molecule has 0 aliphatic rings. The van der Waals surface area contributed by atoms with E-state index in [0.29, 0.717) is 28.7 Å². The summed E-state index contributed by atoms with van der Waals surface area (Å²) >= 11 is 15.3. The molecule has 0 atom stereocenters. The molecule has 1 N–H and O–H groups in total. The van der Waals surface area contributed by atoms with E-state index in [1.165, 1.54) is 18.3 Å². The molecule has 0 unspecified atom stereocenters. The Morgan fingerprint density at radius 2 is 1.76 bits per heavy atom. The zero-order valence-electron chi connectivity index (χ0n) is 17.9. The van der Waals surface area contributed by atoms with Gasteiger partial charge in [-0.15, -0.1) is 0 Å². The normalized spacial score (nSPS) is 10.7. The second kappa shape index (κ2) is 12.4. The van der Waals surface area contributed by atoms with Crippen molar-refractivity contribution in [2.45, 2.75) is 6.92 Å². The average Bonchev–Trinajstić information content (AvgIpc) is 2.80. The molecule has 10 heteroatoms. The topological polar surface area (TPSA) is 86.2 Å². The number of benzene rings is 3. The van der Waals surface area contributed by atoms with Crippen molar-refractivity contribution in [2.24, 2.45) is 5.10 Å². The van der Waals surface area contributed by atoms with Gasteiger partial charge in [-0.05, 0) is 73.2 Å². The number of nitrogens with zero attached hydrogens (tertiary/aromatic N) is 1. The highest BCUT2D eigenvalue weighted by Gasteiger charge is 2.16. The van der Waals surface area contributed by atoms with Gasteiger partial charge in [0.15, 0.2) is 18.1 Å². The monoisotopic (exact) mass is 564 g/mol. The number of hydrazone groups is 1.